The van der Waals surface area contributed by atoms with Gasteiger partial charge in [-0.15, -0.1) is 0 Å². The largest absolute Gasteiger partial charge is 0.481 e. The van der Waals surface area contributed by atoms with Gasteiger partial charge in [-0.1, -0.05) is 24.3 Å². The maximum Gasteiger partial charge on any atom is 0.303 e. The number of hydrogen-bond acceptors (Lipinski definition) is 3. The van der Waals surface area contributed by atoms with E-state index >= 15 is 0 Å². The quantitative estimate of drug-likeness (QED) is 0.772. The number of carboxylic acids is 1. The molecule has 0 aliphatic heterocycles. The van der Waals surface area contributed by atoms with E-state index in [4.69, 9.17) is 9.84 Å². The lowest BCUT2D eigenvalue weighted by Gasteiger charge is -2.10. The average Bonchev–Trinajstić information content (AvgIpc) is 2.26. The van der Waals surface area contributed by atoms with Gasteiger partial charge in [0.2, 0.25) is 0 Å². The third kappa shape index (κ3) is 4.00. The van der Waals surface area contributed by atoms with Gasteiger partial charge in [-0.05, 0) is 17.5 Å². The summed E-state index contributed by atoms with van der Waals surface area (Å²) in [6.45, 7) is 0.486. The Hall–Kier alpha value is -1.39. The number of carboxylic acid groups (broad SMARTS) is 1. The predicted molar refractivity (Wildman–Crippen MR) is 59.0 cm³/mol. The fraction of sp³-hybridized carbons (Fsp3) is 0.417. The minimum atomic E-state index is -0.896. The summed E-state index contributed by atoms with van der Waals surface area (Å²) in [7, 11) is 1.60. The molecular formula is C12H16O4. The van der Waals surface area contributed by atoms with Gasteiger partial charge in [0.25, 0.3) is 0 Å². The maximum absolute atomic E-state index is 10.4. The number of methoxy groups -OCH3 is 1. The molecule has 1 aromatic rings. The molecule has 0 amide bonds. The monoisotopic (exact) mass is 224 g/mol. The molecule has 0 bridgehead atoms. The smallest absolute Gasteiger partial charge is 0.303 e. The van der Waals surface area contributed by atoms with Gasteiger partial charge < -0.3 is 14.9 Å². The Morgan fingerprint density at radius 1 is 1.50 bits per heavy atom. The fourth-order valence-corrected chi connectivity index (χ4v) is 1.48. The van der Waals surface area contributed by atoms with Gasteiger partial charge in [0.05, 0.1) is 12.7 Å². The minimum absolute atomic E-state index is 0.0321. The number of benzene rings is 1. The Morgan fingerprint density at radius 3 is 2.88 bits per heavy atom. The fourth-order valence-electron chi connectivity index (χ4n) is 1.48. The summed E-state index contributed by atoms with van der Waals surface area (Å²) in [4.78, 5) is 10.4. The van der Waals surface area contributed by atoms with Crippen molar-refractivity contribution >= 4 is 5.97 Å². The highest BCUT2D eigenvalue weighted by molar-refractivity contribution is 5.66. The molecule has 4 heteroatoms. The first-order valence-electron chi connectivity index (χ1n) is 5.11. The highest BCUT2D eigenvalue weighted by Gasteiger charge is 2.10. The normalized spacial score (nSPS) is 12.4. The SMILES string of the molecule is COCc1cccc(C(O)CCC(=O)O)c1. The zero-order valence-electron chi connectivity index (χ0n) is 9.22. The van der Waals surface area contributed by atoms with Crippen LogP contribution in [0, 0.1) is 0 Å². The molecule has 88 valence electrons. The Kier molecular flexibility index (Phi) is 4.95. The molecular weight excluding hydrogens is 208 g/mol. The molecule has 2 N–H and O–H groups in total. The van der Waals surface area contributed by atoms with Crippen molar-refractivity contribution in [1.29, 1.82) is 0 Å². The van der Waals surface area contributed by atoms with Crippen LogP contribution in [0.2, 0.25) is 0 Å². The molecule has 0 aromatic heterocycles. The van der Waals surface area contributed by atoms with Crippen molar-refractivity contribution in [2.75, 3.05) is 7.11 Å². The lowest BCUT2D eigenvalue weighted by Crippen LogP contribution is -2.03. The first-order valence-corrected chi connectivity index (χ1v) is 5.11. The number of aliphatic carboxylic acids is 1. The maximum atomic E-state index is 10.4. The van der Waals surface area contributed by atoms with Gasteiger partial charge in [-0.3, -0.25) is 4.79 Å². The van der Waals surface area contributed by atoms with E-state index in [0.717, 1.165) is 11.1 Å². The Labute approximate surface area is 94.5 Å². The number of hydrogen-bond donors (Lipinski definition) is 2. The van der Waals surface area contributed by atoms with Crippen LogP contribution < -0.4 is 0 Å². The lowest BCUT2D eigenvalue weighted by atomic mass is 10.0. The van der Waals surface area contributed by atoms with Gasteiger partial charge in [0.1, 0.15) is 0 Å². The van der Waals surface area contributed by atoms with Crippen LogP contribution in [-0.4, -0.2) is 23.3 Å². The van der Waals surface area contributed by atoms with Crippen molar-refractivity contribution in [2.24, 2.45) is 0 Å². The van der Waals surface area contributed by atoms with Crippen LogP contribution in [0.25, 0.3) is 0 Å². The van der Waals surface area contributed by atoms with E-state index in [0.29, 0.717) is 6.61 Å². The van der Waals surface area contributed by atoms with E-state index < -0.39 is 12.1 Å². The molecule has 0 aliphatic rings. The zero-order valence-corrected chi connectivity index (χ0v) is 9.22. The van der Waals surface area contributed by atoms with Crippen molar-refractivity contribution in [3.05, 3.63) is 35.4 Å². The van der Waals surface area contributed by atoms with Crippen molar-refractivity contribution in [1.82, 2.24) is 0 Å². The molecule has 0 saturated carbocycles. The summed E-state index contributed by atoms with van der Waals surface area (Å²) in [5.74, 6) is -0.896. The predicted octanol–water partition coefficient (Wildman–Crippen LogP) is 1.73. The molecule has 1 aromatic carbocycles. The second-order valence-corrected chi connectivity index (χ2v) is 3.63. The average molecular weight is 224 g/mol. The molecule has 4 nitrogen and oxygen atoms in total. The Bertz CT molecular complexity index is 349. The topological polar surface area (TPSA) is 66.8 Å². The van der Waals surface area contributed by atoms with E-state index in [1.165, 1.54) is 0 Å². The summed E-state index contributed by atoms with van der Waals surface area (Å²) < 4.78 is 4.99. The van der Waals surface area contributed by atoms with Crippen LogP contribution >= 0.6 is 0 Å². The van der Waals surface area contributed by atoms with Gasteiger partial charge in [-0.2, -0.15) is 0 Å². The number of rotatable bonds is 6. The van der Waals surface area contributed by atoms with Crippen LogP contribution in [0.3, 0.4) is 0 Å². The Morgan fingerprint density at radius 2 is 2.25 bits per heavy atom. The molecule has 1 atom stereocenters. The van der Waals surface area contributed by atoms with E-state index in [1.54, 1.807) is 13.2 Å². The standard InChI is InChI=1S/C12H16O4/c1-16-8-9-3-2-4-10(7-9)11(13)5-6-12(14)15/h2-4,7,11,13H,5-6,8H2,1H3,(H,14,15). The van der Waals surface area contributed by atoms with Gasteiger partial charge >= 0.3 is 5.97 Å². The molecule has 16 heavy (non-hydrogen) atoms. The third-order valence-corrected chi connectivity index (χ3v) is 2.28. The van der Waals surface area contributed by atoms with Crippen molar-refractivity contribution in [3.63, 3.8) is 0 Å². The van der Waals surface area contributed by atoms with Crippen LogP contribution in [0.1, 0.15) is 30.1 Å². The van der Waals surface area contributed by atoms with Crippen LogP contribution in [0.15, 0.2) is 24.3 Å². The molecule has 0 spiro atoms. The van der Waals surface area contributed by atoms with Crippen LogP contribution in [-0.2, 0) is 16.1 Å². The summed E-state index contributed by atoms with van der Waals surface area (Å²) in [5.41, 5.74) is 1.70. The van der Waals surface area contributed by atoms with E-state index in [2.05, 4.69) is 0 Å². The van der Waals surface area contributed by atoms with E-state index in [9.17, 15) is 9.90 Å². The molecule has 0 saturated heterocycles. The zero-order chi connectivity index (χ0) is 12.0. The highest BCUT2D eigenvalue weighted by Crippen LogP contribution is 2.19. The molecule has 0 radical (unpaired) electrons. The van der Waals surface area contributed by atoms with E-state index in [-0.39, 0.29) is 12.8 Å². The molecule has 0 fully saturated rings. The number of carbonyl (C=O) groups is 1. The molecule has 1 unspecified atom stereocenters. The Balaban J connectivity index is 2.63. The van der Waals surface area contributed by atoms with Gasteiger partial charge in [0.15, 0.2) is 0 Å². The first kappa shape index (κ1) is 12.7. The highest BCUT2D eigenvalue weighted by atomic mass is 16.5. The second-order valence-electron chi connectivity index (χ2n) is 3.63. The molecule has 0 aliphatic carbocycles. The summed E-state index contributed by atoms with van der Waals surface area (Å²) in [6, 6.07) is 7.34. The van der Waals surface area contributed by atoms with Gasteiger partial charge in [-0.25, -0.2) is 0 Å². The van der Waals surface area contributed by atoms with Crippen molar-refractivity contribution in [2.45, 2.75) is 25.6 Å². The minimum Gasteiger partial charge on any atom is -0.481 e. The third-order valence-electron chi connectivity index (χ3n) is 2.28. The van der Waals surface area contributed by atoms with Crippen LogP contribution in [0.5, 0.6) is 0 Å². The number of ether oxygens (including phenoxy) is 1. The second kappa shape index (κ2) is 6.25. The molecule has 0 heterocycles. The summed E-state index contributed by atoms with van der Waals surface area (Å²) >= 11 is 0. The van der Waals surface area contributed by atoms with Crippen molar-refractivity contribution < 1.29 is 19.7 Å². The first-order chi connectivity index (χ1) is 7.63. The summed E-state index contributed by atoms with van der Waals surface area (Å²) in [6.07, 6.45) is -0.533. The number of aliphatic hydroxyl groups is 1. The van der Waals surface area contributed by atoms with E-state index in [1.807, 2.05) is 18.2 Å². The van der Waals surface area contributed by atoms with Crippen LogP contribution in [0.4, 0.5) is 0 Å². The van der Waals surface area contributed by atoms with Crippen molar-refractivity contribution in [3.8, 4) is 0 Å². The summed E-state index contributed by atoms with van der Waals surface area (Å²) in [5, 5.41) is 18.3. The lowest BCUT2D eigenvalue weighted by molar-refractivity contribution is -0.137. The molecule has 1 rings (SSSR count). The van der Waals surface area contributed by atoms with Gasteiger partial charge in [0, 0.05) is 13.5 Å². The number of aliphatic hydroxyl groups excluding tert-OH is 1.